The van der Waals surface area contributed by atoms with Crippen molar-refractivity contribution in [2.24, 2.45) is 5.73 Å². The van der Waals surface area contributed by atoms with Crippen LogP contribution in [0.4, 0.5) is 0 Å². The quantitative estimate of drug-likeness (QED) is 0.755. The molecule has 2 N–H and O–H groups in total. The van der Waals surface area contributed by atoms with Crippen LogP contribution in [0.5, 0.6) is 0 Å². The smallest absolute Gasteiger partial charge is 0.242 e. The van der Waals surface area contributed by atoms with Crippen molar-refractivity contribution in [3.63, 3.8) is 0 Å². The Labute approximate surface area is 109 Å². The Morgan fingerprint density at radius 3 is 2.61 bits per heavy atom. The van der Waals surface area contributed by atoms with Gasteiger partial charge in [-0.15, -0.1) is 0 Å². The molecule has 4 heteroatoms. The lowest BCUT2D eigenvalue weighted by Gasteiger charge is -2.42. The van der Waals surface area contributed by atoms with Gasteiger partial charge in [0.2, 0.25) is 5.91 Å². The van der Waals surface area contributed by atoms with Crippen LogP contribution in [0.25, 0.3) is 0 Å². The molecule has 0 aromatic rings. The molecule has 3 aliphatic rings. The maximum absolute atomic E-state index is 12.6. The van der Waals surface area contributed by atoms with Crippen molar-refractivity contribution in [1.82, 2.24) is 9.80 Å². The first kappa shape index (κ1) is 12.4. The number of nitrogens with zero attached hydrogens (tertiary/aromatic N) is 2. The maximum Gasteiger partial charge on any atom is 0.242 e. The van der Waals surface area contributed by atoms with Crippen LogP contribution < -0.4 is 5.73 Å². The van der Waals surface area contributed by atoms with Crippen molar-refractivity contribution in [1.29, 1.82) is 0 Å². The van der Waals surface area contributed by atoms with E-state index < -0.39 is 5.54 Å². The van der Waals surface area contributed by atoms with E-state index in [-0.39, 0.29) is 5.91 Å². The molecule has 1 amide bonds. The molecule has 0 radical (unpaired) electrons. The molecular weight excluding hydrogens is 226 g/mol. The van der Waals surface area contributed by atoms with Gasteiger partial charge in [-0.3, -0.25) is 9.69 Å². The second-order valence-electron chi connectivity index (χ2n) is 6.30. The van der Waals surface area contributed by atoms with Crippen LogP contribution in [-0.2, 0) is 4.79 Å². The van der Waals surface area contributed by atoms with Crippen LogP contribution in [0, 0.1) is 0 Å². The van der Waals surface area contributed by atoms with Crippen molar-refractivity contribution in [2.75, 3.05) is 26.2 Å². The molecule has 0 spiro atoms. The summed E-state index contributed by atoms with van der Waals surface area (Å²) in [7, 11) is 0. The average Bonchev–Trinajstić information content (AvgIpc) is 2.86. The van der Waals surface area contributed by atoms with Gasteiger partial charge in [0.1, 0.15) is 0 Å². The molecule has 0 aromatic heterocycles. The van der Waals surface area contributed by atoms with Crippen LogP contribution >= 0.6 is 0 Å². The molecular formula is C14H25N3O. The Kier molecular flexibility index (Phi) is 3.32. The largest absolute Gasteiger partial charge is 0.338 e. The number of hydrogen-bond donors (Lipinski definition) is 1. The summed E-state index contributed by atoms with van der Waals surface area (Å²) >= 11 is 0. The topological polar surface area (TPSA) is 49.6 Å². The first-order valence-corrected chi connectivity index (χ1v) is 7.51. The average molecular weight is 251 g/mol. The normalized spacial score (nSPS) is 32.3. The number of carbonyl (C=O) groups excluding carboxylic acids is 1. The molecule has 18 heavy (non-hydrogen) atoms. The Hall–Kier alpha value is -0.610. The fraction of sp³-hybridized carbons (Fsp3) is 0.929. The van der Waals surface area contributed by atoms with E-state index in [0.717, 1.165) is 45.3 Å². The number of carbonyl (C=O) groups is 1. The van der Waals surface area contributed by atoms with Crippen LogP contribution in [0.1, 0.15) is 44.9 Å². The van der Waals surface area contributed by atoms with E-state index in [9.17, 15) is 4.79 Å². The zero-order valence-corrected chi connectivity index (χ0v) is 11.2. The van der Waals surface area contributed by atoms with Gasteiger partial charge in [-0.05, 0) is 32.2 Å². The summed E-state index contributed by atoms with van der Waals surface area (Å²) in [5.41, 5.74) is 5.82. The van der Waals surface area contributed by atoms with Crippen molar-refractivity contribution < 1.29 is 4.79 Å². The minimum absolute atomic E-state index is 0.230. The molecule has 1 atom stereocenters. The predicted molar refractivity (Wildman–Crippen MR) is 71.2 cm³/mol. The highest BCUT2D eigenvalue weighted by molar-refractivity contribution is 5.86. The zero-order valence-electron chi connectivity index (χ0n) is 11.2. The fourth-order valence-electron chi connectivity index (χ4n) is 3.89. The van der Waals surface area contributed by atoms with Gasteiger partial charge in [0, 0.05) is 25.7 Å². The molecule has 2 heterocycles. The van der Waals surface area contributed by atoms with E-state index in [0.29, 0.717) is 6.04 Å². The van der Waals surface area contributed by atoms with Gasteiger partial charge < -0.3 is 10.6 Å². The molecule has 2 aliphatic heterocycles. The second kappa shape index (κ2) is 4.82. The van der Waals surface area contributed by atoms with E-state index in [1.54, 1.807) is 0 Å². The Balaban J connectivity index is 1.65. The molecule has 102 valence electrons. The summed E-state index contributed by atoms with van der Waals surface area (Å²) in [4.78, 5) is 17.2. The molecule has 2 saturated heterocycles. The molecule has 3 rings (SSSR count). The minimum Gasteiger partial charge on any atom is -0.338 e. The standard InChI is InChI=1S/C14H25N3O/c15-14(6-2-1-3-7-14)13(18)17-10-9-16-8-4-5-12(16)11-17/h12H,1-11,15H2. The summed E-state index contributed by atoms with van der Waals surface area (Å²) in [5.74, 6) is 0.230. The highest BCUT2D eigenvalue weighted by atomic mass is 16.2. The van der Waals surface area contributed by atoms with E-state index in [1.165, 1.54) is 25.8 Å². The van der Waals surface area contributed by atoms with Crippen molar-refractivity contribution in [3.05, 3.63) is 0 Å². The molecule has 1 aliphatic carbocycles. The second-order valence-corrected chi connectivity index (χ2v) is 6.30. The van der Waals surface area contributed by atoms with Gasteiger partial charge in [-0.2, -0.15) is 0 Å². The van der Waals surface area contributed by atoms with Gasteiger partial charge in [-0.1, -0.05) is 19.3 Å². The number of fused-ring (bicyclic) bond motifs is 1. The highest BCUT2D eigenvalue weighted by Crippen LogP contribution is 2.29. The Morgan fingerprint density at radius 2 is 1.83 bits per heavy atom. The summed E-state index contributed by atoms with van der Waals surface area (Å²) in [6.45, 7) is 4.07. The van der Waals surface area contributed by atoms with Crippen LogP contribution in [0.15, 0.2) is 0 Å². The first-order valence-electron chi connectivity index (χ1n) is 7.51. The van der Waals surface area contributed by atoms with Gasteiger partial charge in [0.25, 0.3) is 0 Å². The van der Waals surface area contributed by atoms with Crippen molar-refractivity contribution >= 4 is 5.91 Å². The molecule has 4 nitrogen and oxygen atoms in total. The molecule has 3 fully saturated rings. The minimum atomic E-state index is -0.543. The van der Waals surface area contributed by atoms with Gasteiger partial charge in [0.05, 0.1) is 5.54 Å². The molecule has 1 saturated carbocycles. The number of nitrogens with two attached hydrogens (primary N) is 1. The van der Waals surface area contributed by atoms with Crippen LogP contribution in [0.2, 0.25) is 0 Å². The van der Waals surface area contributed by atoms with E-state index in [4.69, 9.17) is 5.73 Å². The predicted octanol–water partition coefficient (Wildman–Crippen LogP) is 0.955. The number of rotatable bonds is 1. The summed E-state index contributed by atoms with van der Waals surface area (Å²) < 4.78 is 0. The maximum atomic E-state index is 12.6. The number of amides is 1. The number of hydrogen-bond acceptors (Lipinski definition) is 3. The monoisotopic (exact) mass is 251 g/mol. The highest BCUT2D eigenvalue weighted by Gasteiger charge is 2.41. The summed E-state index contributed by atoms with van der Waals surface area (Å²) in [6.07, 6.45) is 7.79. The van der Waals surface area contributed by atoms with Crippen molar-refractivity contribution in [3.8, 4) is 0 Å². The lowest BCUT2D eigenvalue weighted by Crippen LogP contribution is -2.61. The molecule has 0 aromatic carbocycles. The van der Waals surface area contributed by atoms with Gasteiger partial charge >= 0.3 is 0 Å². The third-order valence-electron chi connectivity index (χ3n) is 5.05. The van der Waals surface area contributed by atoms with Crippen LogP contribution in [0.3, 0.4) is 0 Å². The van der Waals surface area contributed by atoms with Gasteiger partial charge in [-0.25, -0.2) is 0 Å². The molecule has 1 unspecified atom stereocenters. The lowest BCUT2D eigenvalue weighted by atomic mass is 9.81. The van der Waals surface area contributed by atoms with Crippen molar-refractivity contribution in [2.45, 2.75) is 56.5 Å². The lowest BCUT2D eigenvalue weighted by molar-refractivity contribution is -0.140. The van der Waals surface area contributed by atoms with Crippen LogP contribution in [-0.4, -0.2) is 53.5 Å². The first-order chi connectivity index (χ1) is 8.69. The third kappa shape index (κ3) is 2.16. The van der Waals surface area contributed by atoms with E-state index in [1.807, 2.05) is 0 Å². The summed E-state index contributed by atoms with van der Waals surface area (Å²) in [5, 5.41) is 0. The number of piperazine rings is 1. The SMILES string of the molecule is NC1(C(=O)N2CCN3CCCC3C2)CCCCC1. The molecule has 0 bridgehead atoms. The Morgan fingerprint density at radius 1 is 1.06 bits per heavy atom. The zero-order chi connectivity index (χ0) is 12.6. The third-order valence-corrected chi connectivity index (χ3v) is 5.05. The fourth-order valence-corrected chi connectivity index (χ4v) is 3.89. The van der Waals surface area contributed by atoms with Gasteiger partial charge in [0.15, 0.2) is 0 Å². The van der Waals surface area contributed by atoms with E-state index in [2.05, 4.69) is 9.80 Å². The Bertz CT molecular complexity index is 325. The summed E-state index contributed by atoms with van der Waals surface area (Å²) in [6, 6.07) is 0.606. The van der Waals surface area contributed by atoms with E-state index >= 15 is 0 Å².